The molecule has 3 aromatic rings. The van der Waals surface area contributed by atoms with Gasteiger partial charge >= 0.3 is 0 Å². The number of hydrogen-bond donors (Lipinski definition) is 1. The van der Waals surface area contributed by atoms with E-state index in [2.05, 4.69) is 10.3 Å². The highest BCUT2D eigenvalue weighted by atomic mass is 19.1. The number of aromatic nitrogens is 1. The molecular formula is C24H23FN2O3. The van der Waals surface area contributed by atoms with Crippen molar-refractivity contribution in [3.05, 3.63) is 89.5 Å². The maximum absolute atomic E-state index is 13.1. The fraction of sp³-hybridized carbons (Fsp3) is 0.250. The van der Waals surface area contributed by atoms with Crippen molar-refractivity contribution in [1.82, 2.24) is 10.3 Å². The van der Waals surface area contributed by atoms with Gasteiger partial charge in [-0.05, 0) is 65.4 Å². The summed E-state index contributed by atoms with van der Waals surface area (Å²) in [6, 6.07) is 15.8. The van der Waals surface area contributed by atoms with Crippen molar-refractivity contribution in [3.8, 4) is 11.5 Å². The number of hydrogen-bond acceptors (Lipinski definition) is 4. The fourth-order valence-electron chi connectivity index (χ4n) is 3.46. The summed E-state index contributed by atoms with van der Waals surface area (Å²) in [5, 5.41) is 2.98. The molecule has 0 radical (unpaired) electrons. The molecule has 1 aromatic heterocycles. The van der Waals surface area contributed by atoms with E-state index in [9.17, 15) is 9.18 Å². The Morgan fingerprint density at radius 3 is 2.57 bits per heavy atom. The van der Waals surface area contributed by atoms with E-state index >= 15 is 0 Å². The largest absolute Gasteiger partial charge is 0.493 e. The molecule has 2 atom stereocenters. The van der Waals surface area contributed by atoms with Crippen LogP contribution in [0.4, 0.5) is 4.39 Å². The lowest BCUT2D eigenvalue weighted by molar-refractivity contribution is -0.122. The highest BCUT2D eigenvalue weighted by molar-refractivity contribution is 5.82. The molecule has 1 fully saturated rings. The predicted molar refractivity (Wildman–Crippen MR) is 111 cm³/mol. The molecule has 2 aromatic carbocycles. The Bertz CT molecular complexity index is 1010. The van der Waals surface area contributed by atoms with Gasteiger partial charge in [0, 0.05) is 24.9 Å². The Morgan fingerprint density at radius 2 is 1.83 bits per heavy atom. The van der Waals surface area contributed by atoms with Crippen LogP contribution >= 0.6 is 0 Å². The number of nitrogens with one attached hydrogen (secondary N) is 1. The number of ether oxygens (including phenoxy) is 2. The number of amides is 1. The molecule has 1 saturated carbocycles. The van der Waals surface area contributed by atoms with Crippen LogP contribution in [0.15, 0.2) is 67.0 Å². The summed E-state index contributed by atoms with van der Waals surface area (Å²) in [4.78, 5) is 16.5. The molecule has 1 amide bonds. The number of methoxy groups -OCH3 is 1. The highest BCUT2D eigenvalue weighted by Gasteiger charge is 2.43. The Hall–Kier alpha value is -3.41. The van der Waals surface area contributed by atoms with Crippen molar-refractivity contribution in [2.45, 2.75) is 25.5 Å². The lowest BCUT2D eigenvalue weighted by Gasteiger charge is -2.13. The summed E-state index contributed by atoms with van der Waals surface area (Å²) in [7, 11) is 1.59. The second-order valence-corrected chi connectivity index (χ2v) is 7.35. The minimum absolute atomic E-state index is 0.0151. The maximum Gasteiger partial charge on any atom is 0.224 e. The normalized spacial score (nSPS) is 17.3. The van der Waals surface area contributed by atoms with Crippen molar-refractivity contribution in [2.75, 3.05) is 7.11 Å². The van der Waals surface area contributed by atoms with Gasteiger partial charge in [-0.3, -0.25) is 9.78 Å². The van der Waals surface area contributed by atoms with Gasteiger partial charge in [0.25, 0.3) is 0 Å². The molecule has 0 spiro atoms. The summed E-state index contributed by atoms with van der Waals surface area (Å²) in [6.07, 6.45) is 4.24. The number of halogens is 1. The van der Waals surface area contributed by atoms with Crippen LogP contribution in [-0.2, 0) is 17.9 Å². The third-order valence-electron chi connectivity index (χ3n) is 5.26. The van der Waals surface area contributed by atoms with Crippen LogP contribution < -0.4 is 14.8 Å². The first-order valence-electron chi connectivity index (χ1n) is 9.86. The second-order valence-electron chi connectivity index (χ2n) is 7.35. The summed E-state index contributed by atoms with van der Waals surface area (Å²) >= 11 is 0. The molecule has 1 N–H and O–H groups in total. The molecule has 0 saturated heterocycles. The van der Waals surface area contributed by atoms with Crippen LogP contribution in [0.1, 0.15) is 29.0 Å². The molecule has 5 nitrogen and oxygen atoms in total. The van der Waals surface area contributed by atoms with Crippen molar-refractivity contribution in [2.24, 2.45) is 5.92 Å². The standard InChI is InChI=1S/C24H23FN2O3/c1-29-23-12-17(2-7-22(23)30-15-16-8-10-26-11-9-16)14-27-24(28)21-13-20(21)18-3-5-19(25)6-4-18/h2-12,20-21H,13-15H2,1H3,(H,27,28). The van der Waals surface area contributed by atoms with E-state index in [0.717, 1.165) is 23.1 Å². The Kier molecular flexibility index (Phi) is 5.93. The van der Waals surface area contributed by atoms with Gasteiger partial charge in [0.2, 0.25) is 5.91 Å². The zero-order valence-corrected chi connectivity index (χ0v) is 16.7. The van der Waals surface area contributed by atoms with Crippen LogP contribution in [0.5, 0.6) is 11.5 Å². The molecule has 1 heterocycles. The van der Waals surface area contributed by atoms with Crippen molar-refractivity contribution >= 4 is 5.91 Å². The number of nitrogens with zero attached hydrogens (tertiary/aromatic N) is 1. The van der Waals surface area contributed by atoms with Gasteiger partial charge in [-0.2, -0.15) is 0 Å². The molecule has 154 valence electrons. The summed E-state index contributed by atoms with van der Waals surface area (Å²) in [5.74, 6) is 1.13. The first-order chi connectivity index (χ1) is 14.6. The number of carbonyl (C=O) groups excluding carboxylic acids is 1. The van der Waals surface area contributed by atoms with Crippen molar-refractivity contribution < 1.29 is 18.7 Å². The molecule has 2 unspecified atom stereocenters. The van der Waals surface area contributed by atoms with E-state index in [4.69, 9.17) is 9.47 Å². The van der Waals surface area contributed by atoms with Crippen LogP contribution in [-0.4, -0.2) is 18.0 Å². The zero-order chi connectivity index (χ0) is 20.9. The SMILES string of the molecule is COc1cc(CNC(=O)C2CC2c2ccc(F)cc2)ccc1OCc1ccncc1. The fourth-order valence-corrected chi connectivity index (χ4v) is 3.46. The first kappa shape index (κ1) is 19.9. The summed E-state index contributed by atoms with van der Waals surface area (Å²) < 4.78 is 24.4. The lowest BCUT2D eigenvalue weighted by Crippen LogP contribution is -2.24. The summed E-state index contributed by atoms with van der Waals surface area (Å²) in [6.45, 7) is 0.827. The van der Waals surface area contributed by atoms with E-state index in [1.807, 2.05) is 30.3 Å². The zero-order valence-electron chi connectivity index (χ0n) is 16.7. The van der Waals surface area contributed by atoms with E-state index in [1.165, 1.54) is 12.1 Å². The molecule has 0 bridgehead atoms. The van der Waals surface area contributed by atoms with E-state index in [1.54, 1.807) is 31.6 Å². The quantitative estimate of drug-likeness (QED) is 0.608. The van der Waals surface area contributed by atoms with E-state index in [0.29, 0.717) is 24.7 Å². The van der Waals surface area contributed by atoms with Gasteiger partial charge in [-0.25, -0.2) is 4.39 Å². The Labute approximate surface area is 174 Å². The van der Waals surface area contributed by atoms with E-state index < -0.39 is 0 Å². The molecule has 1 aliphatic carbocycles. The Balaban J connectivity index is 1.31. The average Bonchev–Trinajstić information content (AvgIpc) is 3.58. The number of rotatable bonds is 8. The molecule has 0 aliphatic heterocycles. The molecule has 4 rings (SSSR count). The number of carbonyl (C=O) groups is 1. The van der Waals surface area contributed by atoms with Crippen LogP contribution in [0, 0.1) is 11.7 Å². The minimum atomic E-state index is -0.262. The van der Waals surface area contributed by atoms with Gasteiger partial charge in [0.15, 0.2) is 11.5 Å². The van der Waals surface area contributed by atoms with Crippen LogP contribution in [0.3, 0.4) is 0 Å². The van der Waals surface area contributed by atoms with E-state index in [-0.39, 0.29) is 23.6 Å². The molecule has 6 heteroatoms. The van der Waals surface area contributed by atoms with Gasteiger partial charge in [-0.15, -0.1) is 0 Å². The van der Waals surface area contributed by atoms with Crippen molar-refractivity contribution in [1.29, 1.82) is 0 Å². The van der Waals surface area contributed by atoms with Gasteiger partial charge in [0.05, 0.1) is 7.11 Å². The molecule has 30 heavy (non-hydrogen) atoms. The first-order valence-corrected chi connectivity index (χ1v) is 9.86. The summed E-state index contributed by atoms with van der Waals surface area (Å²) in [5.41, 5.74) is 2.95. The third kappa shape index (κ3) is 4.76. The third-order valence-corrected chi connectivity index (χ3v) is 5.26. The minimum Gasteiger partial charge on any atom is -0.493 e. The van der Waals surface area contributed by atoms with Gasteiger partial charge in [0.1, 0.15) is 12.4 Å². The Morgan fingerprint density at radius 1 is 1.07 bits per heavy atom. The lowest BCUT2D eigenvalue weighted by atomic mass is 10.1. The highest BCUT2D eigenvalue weighted by Crippen LogP contribution is 2.47. The van der Waals surface area contributed by atoms with Gasteiger partial charge in [-0.1, -0.05) is 18.2 Å². The average molecular weight is 406 g/mol. The topological polar surface area (TPSA) is 60.5 Å². The monoisotopic (exact) mass is 406 g/mol. The van der Waals surface area contributed by atoms with Gasteiger partial charge < -0.3 is 14.8 Å². The van der Waals surface area contributed by atoms with Crippen LogP contribution in [0.2, 0.25) is 0 Å². The number of pyridine rings is 1. The second kappa shape index (κ2) is 8.95. The van der Waals surface area contributed by atoms with Crippen LogP contribution in [0.25, 0.3) is 0 Å². The van der Waals surface area contributed by atoms with Crippen molar-refractivity contribution in [3.63, 3.8) is 0 Å². The molecule has 1 aliphatic rings. The number of benzene rings is 2. The smallest absolute Gasteiger partial charge is 0.224 e. The molecular weight excluding hydrogens is 383 g/mol. The maximum atomic E-state index is 13.1. The predicted octanol–water partition coefficient (Wildman–Crippen LogP) is 4.23.